The van der Waals surface area contributed by atoms with E-state index in [1.165, 1.54) is 0 Å². The van der Waals surface area contributed by atoms with Crippen molar-refractivity contribution in [3.63, 3.8) is 0 Å². The van der Waals surface area contributed by atoms with Crippen LogP contribution < -0.4 is 10.0 Å². The molecular formula is C17H24N2O3S. The zero-order chi connectivity index (χ0) is 16.8. The van der Waals surface area contributed by atoms with Crippen LogP contribution in [0, 0.1) is 11.8 Å². The molecule has 0 unspecified atom stereocenters. The van der Waals surface area contributed by atoms with Crippen LogP contribution in [0.4, 0.5) is 5.69 Å². The van der Waals surface area contributed by atoms with Crippen molar-refractivity contribution >= 4 is 21.6 Å². The molecule has 23 heavy (non-hydrogen) atoms. The smallest absolute Gasteiger partial charge is 0.240 e. The third-order valence-electron chi connectivity index (χ3n) is 5.46. The Bertz CT molecular complexity index is 729. The van der Waals surface area contributed by atoms with E-state index in [1.54, 1.807) is 25.1 Å². The highest BCUT2D eigenvalue weighted by atomic mass is 32.2. The molecule has 1 saturated carbocycles. The number of fused-ring (bicyclic) bond motifs is 1. The van der Waals surface area contributed by atoms with Crippen molar-refractivity contribution in [1.29, 1.82) is 0 Å². The van der Waals surface area contributed by atoms with E-state index in [9.17, 15) is 13.2 Å². The molecule has 0 aromatic heterocycles. The Balaban J connectivity index is 1.85. The SMILES string of the molecule is C[C@@H]1[C@@H](C)CCC[C@H]1NS(=O)(=O)c1ccc2c(c1)[C@H](C)C(=O)N2. The Labute approximate surface area is 137 Å². The standard InChI is InChI=1S/C17H24N2O3S/c1-10-5-4-6-15(11(10)2)19-23(21,22)13-7-8-16-14(9-13)12(3)17(20)18-16/h7-12,15,19H,4-6H2,1-3H3,(H,18,20)/t10-,11+,12-,15+/m0/s1. The molecule has 0 bridgehead atoms. The van der Waals surface area contributed by atoms with Gasteiger partial charge in [0.2, 0.25) is 15.9 Å². The molecule has 6 heteroatoms. The average Bonchev–Trinajstić information content (AvgIpc) is 2.78. The molecule has 0 saturated heterocycles. The maximum Gasteiger partial charge on any atom is 0.240 e. The zero-order valence-electron chi connectivity index (χ0n) is 13.8. The van der Waals surface area contributed by atoms with E-state index in [2.05, 4.69) is 23.9 Å². The summed E-state index contributed by atoms with van der Waals surface area (Å²) in [5, 5.41) is 2.77. The lowest BCUT2D eigenvalue weighted by Gasteiger charge is -2.34. The molecule has 126 valence electrons. The molecule has 2 aliphatic rings. The normalized spacial score (nSPS) is 30.8. The number of benzene rings is 1. The largest absolute Gasteiger partial charge is 0.325 e. The van der Waals surface area contributed by atoms with E-state index < -0.39 is 10.0 Å². The molecule has 1 aliphatic carbocycles. The van der Waals surface area contributed by atoms with Gasteiger partial charge in [-0.05, 0) is 48.9 Å². The lowest BCUT2D eigenvalue weighted by molar-refractivity contribution is -0.116. The number of amides is 1. The van der Waals surface area contributed by atoms with Crippen LogP contribution in [0.25, 0.3) is 0 Å². The third kappa shape index (κ3) is 3.02. The summed E-state index contributed by atoms with van der Waals surface area (Å²) in [5.41, 5.74) is 1.46. The van der Waals surface area contributed by atoms with Gasteiger partial charge in [0.25, 0.3) is 0 Å². The minimum Gasteiger partial charge on any atom is -0.325 e. The first-order chi connectivity index (χ1) is 10.8. The van der Waals surface area contributed by atoms with Gasteiger partial charge in [0.05, 0.1) is 10.8 Å². The Hall–Kier alpha value is -1.40. The highest BCUT2D eigenvalue weighted by Gasteiger charge is 2.32. The first kappa shape index (κ1) is 16.5. The lowest BCUT2D eigenvalue weighted by Crippen LogP contribution is -2.43. The third-order valence-corrected chi connectivity index (χ3v) is 6.95. The Morgan fingerprint density at radius 3 is 2.65 bits per heavy atom. The Morgan fingerprint density at radius 1 is 1.17 bits per heavy atom. The van der Waals surface area contributed by atoms with E-state index in [0.717, 1.165) is 24.8 Å². The van der Waals surface area contributed by atoms with Gasteiger partial charge in [-0.3, -0.25) is 4.79 Å². The topological polar surface area (TPSA) is 75.3 Å². The van der Waals surface area contributed by atoms with Gasteiger partial charge in [-0.1, -0.05) is 26.7 Å². The maximum absolute atomic E-state index is 12.7. The number of anilines is 1. The lowest BCUT2D eigenvalue weighted by atomic mass is 9.78. The quantitative estimate of drug-likeness (QED) is 0.891. The second-order valence-electron chi connectivity index (χ2n) is 6.96. The molecule has 3 rings (SSSR count). The van der Waals surface area contributed by atoms with Crippen molar-refractivity contribution in [3.8, 4) is 0 Å². The van der Waals surface area contributed by atoms with E-state index in [-0.39, 0.29) is 22.8 Å². The van der Waals surface area contributed by atoms with Crippen LogP contribution in [0.3, 0.4) is 0 Å². The zero-order valence-corrected chi connectivity index (χ0v) is 14.6. The van der Waals surface area contributed by atoms with E-state index in [1.807, 2.05) is 0 Å². The first-order valence-electron chi connectivity index (χ1n) is 8.26. The van der Waals surface area contributed by atoms with E-state index in [0.29, 0.717) is 17.5 Å². The summed E-state index contributed by atoms with van der Waals surface area (Å²) in [6.07, 6.45) is 3.09. The molecule has 1 amide bonds. The molecule has 0 spiro atoms. The molecule has 1 fully saturated rings. The van der Waals surface area contributed by atoms with Crippen molar-refractivity contribution in [1.82, 2.24) is 4.72 Å². The van der Waals surface area contributed by atoms with Gasteiger partial charge in [-0.25, -0.2) is 13.1 Å². The van der Waals surface area contributed by atoms with Crippen LogP contribution in [0.2, 0.25) is 0 Å². The van der Waals surface area contributed by atoms with E-state index >= 15 is 0 Å². The predicted octanol–water partition coefficient (Wildman–Crippen LogP) is 2.85. The fraction of sp³-hybridized carbons (Fsp3) is 0.588. The van der Waals surface area contributed by atoms with Gasteiger partial charge >= 0.3 is 0 Å². The molecule has 0 radical (unpaired) electrons. The van der Waals surface area contributed by atoms with Gasteiger partial charge in [-0.15, -0.1) is 0 Å². The van der Waals surface area contributed by atoms with Crippen molar-refractivity contribution < 1.29 is 13.2 Å². The van der Waals surface area contributed by atoms with Crippen LogP contribution in [-0.4, -0.2) is 20.4 Å². The summed E-state index contributed by atoms with van der Waals surface area (Å²) in [6.45, 7) is 6.08. The van der Waals surface area contributed by atoms with Crippen LogP contribution in [0.1, 0.15) is 51.5 Å². The molecule has 5 nitrogen and oxygen atoms in total. The summed E-state index contributed by atoms with van der Waals surface area (Å²) < 4.78 is 28.3. The summed E-state index contributed by atoms with van der Waals surface area (Å²) in [6, 6.07) is 4.85. The summed E-state index contributed by atoms with van der Waals surface area (Å²) in [4.78, 5) is 12.0. The number of carbonyl (C=O) groups excluding carboxylic acids is 1. The molecule has 1 aromatic rings. The Kier molecular flexibility index (Phi) is 4.23. The van der Waals surface area contributed by atoms with Gasteiger partial charge in [0.1, 0.15) is 0 Å². The first-order valence-corrected chi connectivity index (χ1v) is 9.75. The monoisotopic (exact) mass is 336 g/mol. The fourth-order valence-corrected chi connectivity index (χ4v) is 4.97. The highest BCUT2D eigenvalue weighted by molar-refractivity contribution is 7.89. The van der Waals surface area contributed by atoms with E-state index in [4.69, 9.17) is 0 Å². The number of nitrogens with one attached hydrogen (secondary N) is 2. The van der Waals surface area contributed by atoms with Crippen molar-refractivity contribution in [2.45, 2.75) is 56.9 Å². The molecule has 1 heterocycles. The minimum absolute atomic E-state index is 0.0193. The number of hydrogen-bond acceptors (Lipinski definition) is 3. The molecular weight excluding hydrogens is 312 g/mol. The molecule has 1 aromatic carbocycles. The molecule has 2 N–H and O–H groups in total. The van der Waals surface area contributed by atoms with Crippen LogP contribution >= 0.6 is 0 Å². The van der Waals surface area contributed by atoms with Gasteiger partial charge < -0.3 is 5.32 Å². The number of sulfonamides is 1. The summed E-state index contributed by atoms with van der Waals surface area (Å²) in [7, 11) is -3.57. The van der Waals surface area contributed by atoms with Crippen LogP contribution in [0.5, 0.6) is 0 Å². The number of rotatable bonds is 3. The van der Waals surface area contributed by atoms with Crippen LogP contribution in [-0.2, 0) is 14.8 Å². The van der Waals surface area contributed by atoms with Crippen LogP contribution in [0.15, 0.2) is 23.1 Å². The average molecular weight is 336 g/mol. The molecule has 1 aliphatic heterocycles. The summed E-state index contributed by atoms with van der Waals surface area (Å²) in [5.74, 6) is 0.458. The second-order valence-corrected chi connectivity index (χ2v) is 8.67. The van der Waals surface area contributed by atoms with Gasteiger partial charge in [0.15, 0.2) is 0 Å². The van der Waals surface area contributed by atoms with Crippen molar-refractivity contribution in [2.24, 2.45) is 11.8 Å². The fourth-order valence-electron chi connectivity index (χ4n) is 3.58. The Morgan fingerprint density at radius 2 is 1.91 bits per heavy atom. The number of hydrogen-bond donors (Lipinski definition) is 2. The molecule has 4 atom stereocenters. The predicted molar refractivity (Wildman–Crippen MR) is 89.8 cm³/mol. The minimum atomic E-state index is -3.57. The maximum atomic E-state index is 12.7. The van der Waals surface area contributed by atoms with Crippen molar-refractivity contribution in [3.05, 3.63) is 23.8 Å². The second kappa shape index (κ2) is 5.91. The number of carbonyl (C=O) groups is 1. The van der Waals surface area contributed by atoms with Crippen molar-refractivity contribution in [2.75, 3.05) is 5.32 Å². The highest BCUT2D eigenvalue weighted by Crippen LogP contribution is 2.34. The van der Waals surface area contributed by atoms with Gasteiger partial charge in [-0.2, -0.15) is 0 Å². The summed E-state index contributed by atoms with van der Waals surface area (Å²) >= 11 is 0. The van der Waals surface area contributed by atoms with Gasteiger partial charge in [0, 0.05) is 11.7 Å².